The van der Waals surface area contributed by atoms with Gasteiger partial charge in [0.1, 0.15) is 0 Å². The van der Waals surface area contributed by atoms with Crippen molar-refractivity contribution in [3.05, 3.63) is 23.8 Å². The number of hydrogen-bond donors (Lipinski definition) is 1. The van der Waals surface area contributed by atoms with E-state index >= 15 is 0 Å². The maximum Gasteiger partial charge on any atom is 0.231 e. The molecule has 0 radical (unpaired) electrons. The van der Waals surface area contributed by atoms with Gasteiger partial charge in [0.15, 0.2) is 17.5 Å². The summed E-state index contributed by atoms with van der Waals surface area (Å²) >= 11 is 1.80. The number of benzene rings is 1. The van der Waals surface area contributed by atoms with E-state index in [2.05, 4.69) is 10.3 Å². The molecule has 1 N–H and O–H groups in total. The summed E-state index contributed by atoms with van der Waals surface area (Å²) in [6, 6.07) is 5.85. The molecule has 1 saturated heterocycles. The minimum Gasteiger partial charge on any atom is -0.454 e. The Bertz CT molecular complexity index is 795. The van der Waals surface area contributed by atoms with Crippen molar-refractivity contribution in [1.82, 2.24) is 14.5 Å². The lowest BCUT2D eigenvalue weighted by atomic mass is 10.2. The highest BCUT2D eigenvalue weighted by molar-refractivity contribution is 7.99. The highest BCUT2D eigenvalue weighted by Gasteiger charge is 2.23. The Morgan fingerprint density at radius 2 is 2.04 bits per heavy atom. The second-order valence-corrected chi connectivity index (χ2v) is 9.92. The van der Waals surface area contributed by atoms with Gasteiger partial charge in [0.2, 0.25) is 16.8 Å². The van der Waals surface area contributed by atoms with Crippen molar-refractivity contribution in [2.75, 3.05) is 57.3 Å². The number of guanidine groups is 1. The van der Waals surface area contributed by atoms with Crippen molar-refractivity contribution >= 4 is 27.7 Å². The van der Waals surface area contributed by atoms with Gasteiger partial charge in [-0.05, 0) is 24.6 Å². The maximum atomic E-state index is 12.5. The smallest absolute Gasteiger partial charge is 0.231 e. The molecule has 0 unspecified atom stereocenters. The van der Waals surface area contributed by atoms with Crippen LogP contribution in [0.3, 0.4) is 0 Å². The van der Waals surface area contributed by atoms with Crippen molar-refractivity contribution in [3.63, 3.8) is 0 Å². The van der Waals surface area contributed by atoms with Crippen LogP contribution in [0.5, 0.6) is 11.5 Å². The molecule has 0 saturated carbocycles. The summed E-state index contributed by atoms with van der Waals surface area (Å²) in [5.74, 6) is 3.95. The zero-order chi connectivity index (χ0) is 20.0. The second-order valence-electron chi connectivity index (χ2n) is 6.61. The fourth-order valence-corrected chi connectivity index (χ4v) is 5.53. The Morgan fingerprint density at radius 1 is 1.29 bits per heavy atom. The van der Waals surface area contributed by atoms with Crippen molar-refractivity contribution in [2.24, 2.45) is 4.99 Å². The molecule has 28 heavy (non-hydrogen) atoms. The van der Waals surface area contributed by atoms with Crippen molar-refractivity contribution in [2.45, 2.75) is 13.5 Å². The summed E-state index contributed by atoms with van der Waals surface area (Å²) in [6.07, 6.45) is 0. The summed E-state index contributed by atoms with van der Waals surface area (Å²) in [4.78, 5) is 6.50. The Balaban J connectivity index is 1.59. The van der Waals surface area contributed by atoms with Gasteiger partial charge >= 0.3 is 0 Å². The standard InChI is InChI=1S/C18H28N4O4S2/c1-3-19-18(20-6-11-28(23,24)22-7-9-27-10-8-22)21(2)13-15-4-5-16-17(12-15)26-14-25-16/h4-5,12H,3,6-11,13-14H2,1-2H3,(H,19,20). The van der Waals surface area contributed by atoms with Gasteiger partial charge < -0.3 is 19.7 Å². The van der Waals surface area contributed by atoms with E-state index in [1.807, 2.05) is 37.1 Å². The van der Waals surface area contributed by atoms with Crippen molar-refractivity contribution in [1.29, 1.82) is 0 Å². The normalized spacial score (nSPS) is 17.6. The predicted octanol–water partition coefficient (Wildman–Crippen LogP) is 1.19. The molecule has 0 aliphatic carbocycles. The molecule has 2 aliphatic rings. The molecule has 156 valence electrons. The van der Waals surface area contributed by atoms with Crippen molar-refractivity contribution in [3.8, 4) is 11.5 Å². The number of nitrogens with one attached hydrogen (secondary N) is 1. The van der Waals surface area contributed by atoms with Crippen LogP contribution in [-0.4, -0.2) is 80.9 Å². The lowest BCUT2D eigenvalue weighted by Gasteiger charge is -2.25. The summed E-state index contributed by atoms with van der Waals surface area (Å²) < 4.78 is 37.3. The number of ether oxygens (including phenoxy) is 2. The minimum atomic E-state index is -3.25. The van der Waals surface area contributed by atoms with E-state index in [1.54, 1.807) is 16.1 Å². The molecular formula is C18H28N4O4S2. The lowest BCUT2D eigenvalue weighted by Crippen LogP contribution is -2.41. The predicted molar refractivity (Wildman–Crippen MR) is 113 cm³/mol. The van der Waals surface area contributed by atoms with Crippen LogP contribution in [-0.2, 0) is 16.6 Å². The van der Waals surface area contributed by atoms with Gasteiger partial charge in [-0.3, -0.25) is 4.99 Å². The van der Waals surface area contributed by atoms with Crippen LogP contribution < -0.4 is 14.8 Å². The number of nitrogens with zero attached hydrogens (tertiary/aromatic N) is 3. The molecule has 1 aromatic carbocycles. The summed E-state index contributed by atoms with van der Waals surface area (Å²) in [5, 5.41) is 3.23. The van der Waals surface area contributed by atoms with E-state index in [1.165, 1.54) is 0 Å². The number of aliphatic imine (C=N–C) groups is 1. The Kier molecular flexibility index (Phi) is 7.30. The SMILES string of the molecule is CCNC(=NCCS(=O)(=O)N1CCSCC1)N(C)Cc1ccc2c(c1)OCO2. The first-order chi connectivity index (χ1) is 13.5. The maximum absolute atomic E-state index is 12.5. The van der Waals surface area contributed by atoms with Gasteiger partial charge in [-0.25, -0.2) is 12.7 Å². The Morgan fingerprint density at radius 3 is 2.79 bits per heavy atom. The third kappa shape index (κ3) is 5.45. The Labute approximate surface area is 171 Å². The molecule has 0 atom stereocenters. The van der Waals surface area contributed by atoms with Gasteiger partial charge in [-0.1, -0.05) is 6.07 Å². The molecule has 3 rings (SSSR count). The van der Waals surface area contributed by atoms with Crippen LogP contribution in [0.1, 0.15) is 12.5 Å². The molecule has 2 aliphatic heterocycles. The molecule has 0 aromatic heterocycles. The number of rotatable bonds is 7. The molecule has 10 heteroatoms. The third-order valence-corrected chi connectivity index (χ3v) is 7.32. The van der Waals surface area contributed by atoms with Crippen LogP contribution in [0.4, 0.5) is 0 Å². The zero-order valence-corrected chi connectivity index (χ0v) is 18.0. The van der Waals surface area contributed by atoms with E-state index in [0.29, 0.717) is 32.1 Å². The van der Waals surface area contributed by atoms with E-state index in [9.17, 15) is 8.42 Å². The first-order valence-corrected chi connectivity index (χ1v) is 12.2. The molecule has 0 amide bonds. The van der Waals surface area contributed by atoms with Gasteiger partial charge in [-0.2, -0.15) is 11.8 Å². The minimum absolute atomic E-state index is 0.0322. The highest BCUT2D eigenvalue weighted by Crippen LogP contribution is 2.32. The second kappa shape index (κ2) is 9.71. The molecular weight excluding hydrogens is 400 g/mol. The summed E-state index contributed by atoms with van der Waals surface area (Å²) in [5.41, 5.74) is 1.07. The van der Waals surface area contributed by atoms with Crippen LogP contribution in [0.25, 0.3) is 0 Å². The Hall–Kier alpha value is -1.65. The molecule has 2 heterocycles. The van der Waals surface area contributed by atoms with E-state index in [-0.39, 0.29) is 19.1 Å². The monoisotopic (exact) mass is 428 g/mol. The number of sulfonamides is 1. The average molecular weight is 429 g/mol. The van der Waals surface area contributed by atoms with Crippen LogP contribution in [0, 0.1) is 0 Å². The molecule has 1 fully saturated rings. The number of thioether (sulfide) groups is 1. The molecule has 8 nitrogen and oxygen atoms in total. The quantitative estimate of drug-likeness (QED) is 0.516. The number of hydrogen-bond acceptors (Lipinski definition) is 6. The van der Waals surface area contributed by atoms with E-state index in [0.717, 1.165) is 28.6 Å². The van der Waals surface area contributed by atoms with Gasteiger partial charge in [0.05, 0.1) is 12.3 Å². The summed E-state index contributed by atoms with van der Waals surface area (Å²) in [7, 11) is -1.32. The largest absolute Gasteiger partial charge is 0.454 e. The van der Waals surface area contributed by atoms with Gasteiger partial charge in [0.25, 0.3) is 0 Å². The fourth-order valence-electron chi connectivity index (χ4n) is 3.08. The van der Waals surface area contributed by atoms with E-state index in [4.69, 9.17) is 9.47 Å². The topological polar surface area (TPSA) is 83.5 Å². The van der Waals surface area contributed by atoms with Crippen LogP contribution in [0.2, 0.25) is 0 Å². The molecule has 1 aromatic rings. The molecule has 0 spiro atoms. The first kappa shape index (κ1) is 21.1. The van der Waals surface area contributed by atoms with Crippen LogP contribution >= 0.6 is 11.8 Å². The highest BCUT2D eigenvalue weighted by atomic mass is 32.2. The number of fused-ring (bicyclic) bond motifs is 1. The van der Waals surface area contributed by atoms with Crippen molar-refractivity contribution < 1.29 is 17.9 Å². The average Bonchev–Trinajstić information content (AvgIpc) is 3.16. The van der Waals surface area contributed by atoms with E-state index < -0.39 is 10.0 Å². The van der Waals surface area contributed by atoms with Crippen LogP contribution in [0.15, 0.2) is 23.2 Å². The first-order valence-electron chi connectivity index (χ1n) is 9.43. The van der Waals surface area contributed by atoms with Gasteiger partial charge in [0, 0.05) is 44.7 Å². The summed E-state index contributed by atoms with van der Waals surface area (Å²) in [6.45, 7) is 5.01. The zero-order valence-electron chi connectivity index (χ0n) is 16.4. The lowest BCUT2D eigenvalue weighted by molar-refractivity contribution is 0.174. The molecule has 0 bridgehead atoms. The van der Waals surface area contributed by atoms with Gasteiger partial charge in [-0.15, -0.1) is 0 Å². The third-order valence-electron chi connectivity index (χ3n) is 4.53. The fraction of sp³-hybridized carbons (Fsp3) is 0.611.